The number of phenols is 1. The van der Waals surface area contributed by atoms with E-state index in [0.29, 0.717) is 0 Å². The van der Waals surface area contributed by atoms with Crippen molar-refractivity contribution >= 4 is 15.8 Å². The Balaban J connectivity index is 2.36. The number of anilines is 1. The SMILES string of the molecule is O=S(=O)(Nc1cnccn1)c1ccccc1O. The maximum Gasteiger partial charge on any atom is 0.266 e. The van der Waals surface area contributed by atoms with Gasteiger partial charge in [-0.3, -0.25) is 9.71 Å². The van der Waals surface area contributed by atoms with E-state index in [2.05, 4.69) is 14.7 Å². The Bertz CT molecular complexity index is 614. The molecule has 0 unspecified atom stereocenters. The average Bonchev–Trinajstić information content (AvgIpc) is 2.30. The molecule has 0 bridgehead atoms. The summed E-state index contributed by atoms with van der Waals surface area (Å²) in [7, 11) is -3.85. The van der Waals surface area contributed by atoms with Crippen LogP contribution in [0.2, 0.25) is 0 Å². The van der Waals surface area contributed by atoms with Gasteiger partial charge < -0.3 is 5.11 Å². The summed E-state index contributed by atoms with van der Waals surface area (Å²) in [4.78, 5) is 7.31. The number of aromatic hydroxyl groups is 1. The molecule has 2 rings (SSSR count). The van der Waals surface area contributed by atoms with Crippen molar-refractivity contribution in [2.45, 2.75) is 4.90 Å². The lowest BCUT2D eigenvalue weighted by Crippen LogP contribution is -2.14. The molecule has 0 aliphatic heterocycles. The number of para-hydroxylation sites is 1. The third-order valence-corrected chi connectivity index (χ3v) is 3.36. The molecule has 1 heterocycles. The zero-order chi connectivity index (χ0) is 12.3. The maximum absolute atomic E-state index is 11.9. The second-order valence-electron chi connectivity index (χ2n) is 3.16. The summed E-state index contributed by atoms with van der Waals surface area (Å²) < 4.78 is 26.0. The lowest BCUT2D eigenvalue weighted by molar-refractivity contribution is 0.459. The molecule has 88 valence electrons. The third-order valence-electron chi connectivity index (χ3n) is 1.96. The van der Waals surface area contributed by atoms with E-state index in [0.717, 1.165) is 0 Å². The number of hydrogen-bond acceptors (Lipinski definition) is 5. The molecule has 17 heavy (non-hydrogen) atoms. The van der Waals surface area contributed by atoms with Crippen LogP contribution < -0.4 is 4.72 Å². The standard InChI is InChI=1S/C10H9N3O3S/c14-8-3-1-2-4-9(8)17(15,16)13-10-7-11-5-6-12-10/h1-7,14H,(H,12,13). The van der Waals surface area contributed by atoms with Crippen LogP contribution in [0.5, 0.6) is 5.75 Å². The van der Waals surface area contributed by atoms with Gasteiger partial charge in [0.2, 0.25) is 0 Å². The second-order valence-corrected chi connectivity index (χ2v) is 4.81. The minimum Gasteiger partial charge on any atom is -0.507 e. The number of nitrogens with one attached hydrogen (secondary N) is 1. The zero-order valence-electron chi connectivity index (χ0n) is 8.61. The zero-order valence-corrected chi connectivity index (χ0v) is 9.42. The van der Waals surface area contributed by atoms with Crippen molar-refractivity contribution in [3.8, 4) is 5.75 Å². The van der Waals surface area contributed by atoms with E-state index in [1.807, 2.05) is 0 Å². The third kappa shape index (κ3) is 2.51. The van der Waals surface area contributed by atoms with E-state index in [1.54, 1.807) is 0 Å². The minimum atomic E-state index is -3.85. The van der Waals surface area contributed by atoms with Crippen LogP contribution in [0.15, 0.2) is 47.8 Å². The molecule has 0 saturated heterocycles. The highest BCUT2D eigenvalue weighted by molar-refractivity contribution is 7.92. The highest BCUT2D eigenvalue weighted by Crippen LogP contribution is 2.22. The summed E-state index contributed by atoms with van der Waals surface area (Å²) >= 11 is 0. The maximum atomic E-state index is 11.9. The molecular weight excluding hydrogens is 242 g/mol. The highest BCUT2D eigenvalue weighted by atomic mass is 32.2. The molecule has 1 aromatic heterocycles. The summed E-state index contributed by atoms with van der Waals surface area (Å²) in [6.07, 6.45) is 4.07. The first-order valence-electron chi connectivity index (χ1n) is 4.66. The summed E-state index contributed by atoms with van der Waals surface area (Å²) in [6, 6.07) is 5.65. The molecule has 7 heteroatoms. The van der Waals surface area contributed by atoms with Crippen molar-refractivity contribution in [2.75, 3.05) is 4.72 Å². The predicted octanol–water partition coefficient (Wildman–Crippen LogP) is 0.983. The van der Waals surface area contributed by atoms with Gasteiger partial charge in [-0.2, -0.15) is 0 Å². The van der Waals surface area contributed by atoms with E-state index in [-0.39, 0.29) is 16.5 Å². The molecular formula is C10H9N3O3S. The van der Waals surface area contributed by atoms with Crippen molar-refractivity contribution in [1.29, 1.82) is 0 Å². The summed E-state index contributed by atoms with van der Waals surface area (Å²) in [5.74, 6) is -0.223. The minimum absolute atomic E-state index is 0.0933. The Hall–Kier alpha value is -2.15. The van der Waals surface area contributed by atoms with Crippen molar-refractivity contribution in [2.24, 2.45) is 0 Å². The first-order chi connectivity index (χ1) is 8.09. The van der Waals surface area contributed by atoms with Crippen LogP contribution in [-0.2, 0) is 10.0 Å². The topological polar surface area (TPSA) is 92.2 Å². The molecule has 2 aromatic rings. The Morgan fingerprint density at radius 3 is 2.59 bits per heavy atom. The number of sulfonamides is 1. The summed E-state index contributed by atoms with van der Waals surface area (Å²) in [5.41, 5.74) is 0. The molecule has 0 spiro atoms. The van der Waals surface area contributed by atoms with Crippen LogP contribution in [0.4, 0.5) is 5.82 Å². The molecule has 2 N–H and O–H groups in total. The normalized spacial score (nSPS) is 11.1. The number of hydrogen-bond donors (Lipinski definition) is 2. The van der Waals surface area contributed by atoms with Crippen molar-refractivity contribution < 1.29 is 13.5 Å². The molecule has 0 fully saturated rings. The molecule has 0 atom stereocenters. The Kier molecular flexibility index (Phi) is 2.92. The van der Waals surface area contributed by atoms with Gasteiger partial charge in [0, 0.05) is 12.4 Å². The number of nitrogens with zero attached hydrogens (tertiary/aromatic N) is 2. The van der Waals surface area contributed by atoms with Gasteiger partial charge in [0.15, 0.2) is 5.82 Å². The van der Waals surface area contributed by atoms with Gasteiger partial charge in [0.05, 0.1) is 6.20 Å². The lowest BCUT2D eigenvalue weighted by Gasteiger charge is -2.07. The number of phenolic OH excluding ortho intramolecular Hbond substituents is 1. The van der Waals surface area contributed by atoms with Crippen molar-refractivity contribution in [1.82, 2.24) is 9.97 Å². The monoisotopic (exact) mass is 251 g/mol. The van der Waals surface area contributed by atoms with Gasteiger partial charge in [-0.1, -0.05) is 12.1 Å². The molecule has 0 saturated carbocycles. The first kappa shape index (κ1) is 11.3. The van der Waals surface area contributed by atoms with E-state index in [4.69, 9.17) is 0 Å². The smallest absolute Gasteiger partial charge is 0.266 e. The van der Waals surface area contributed by atoms with E-state index >= 15 is 0 Å². The van der Waals surface area contributed by atoms with Gasteiger partial charge in [-0.25, -0.2) is 13.4 Å². The molecule has 1 aromatic carbocycles. The first-order valence-corrected chi connectivity index (χ1v) is 6.15. The fourth-order valence-corrected chi connectivity index (χ4v) is 2.32. The van der Waals surface area contributed by atoms with Gasteiger partial charge in [-0.15, -0.1) is 0 Å². The molecule has 0 aliphatic carbocycles. The Labute approximate surface area is 98.0 Å². The van der Waals surface area contributed by atoms with Crippen LogP contribution in [0.25, 0.3) is 0 Å². The number of benzene rings is 1. The molecule has 0 aliphatic rings. The number of aromatic nitrogens is 2. The second kappa shape index (κ2) is 4.38. The average molecular weight is 251 g/mol. The molecule has 6 nitrogen and oxygen atoms in total. The van der Waals surface area contributed by atoms with Crippen LogP contribution in [0.3, 0.4) is 0 Å². The van der Waals surface area contributed by atoms with Gasteiger partial charge in [-0.05, 0) is 12.1 Å². The van der Waals surface area contributed by atoms with Crippen LogP contribution >= 0.6 is 0 Å². The number of rotatable bonds is 3. The van der Waals surface area contributed by atoms with E-state index < -0.39 is 10.0 Å². The van der Waals surface area contributed by atoms with Crippen molar-refractivity contribution in [3.05, 3.63) is 42.9 Å². The Morgan fingerprint density at radius 1 is 1.18 bits per heavy atom. The summed E-state index contributed by atoms with van der Waals surface area (Å²) in [6.45, 7) is 0. The quantitative estimate of drug-likeness (QED) is 0.848. The fraction of sp³-hybridized carbons (Fsp3) is 0. The van der Waals surface area contributed by atoms with Crippen LogP contribution in [0.1, 0.15) is 0 Å². The highest BCUT2D eigenvalue weighted by Gasteiger charge is 2.18. The van der Waals surface area contributed by atoms with Crippen LogP contribution in [0, 0.1) is 0 Å². The lowest BCUT2D eigenvalue weighted by atomic mass is 10.3. The van der Waals surface area contributed by atoms with E-state index in [1.165, 1.54) is 42.9 Å². The van der Waals surface area contributed by atoms with Gasteiger partial charge in [0.25, 0.3) is 10.0 Å². The largest absolute Gasteiger partial charge is 0.507 e. The molecule has 0 amide bonds. The fourth-order valence-electron chi connectivity index (χ4n) is 1.23. The summed E-state index contributed by atoms with van der Waals surface area (Å²) in [5, 5.41) is 9.47. The van der Waals surface area contributed by atoms with Gasteiger partial charge in [0.1, 0.15) is 10.6 Å². The van der Waals surface area contributed by atoms with Crippen molar-refractivity contribution in [3.63, 3.8) is 0 Å². The van der Waals surface area contributed by atoms with E-state index in [9.17, 15) is 13.5 Å². The molecule has 0 radical (unpaired) electrons. The van der Waals surface area contributed by atoms with Gasteiger partial charge >= 0.3 is 0 Å². The Morgan fingerprint density at radius 2 is 1.94 bits per heavy atom. The predicted molar refractivity (Wildman–Crippen MR) is 60.9 cm³/mol. The van der Waals surface area contributed by atoms with Crippen LogP contribution in [-0.4, -0.2) is 23.5 Å².